The number of carbonyl (C=O) groups excluding carboxylic acids is 1. The second-order valence-corrected chi connectivity index (χ2v) is 6.55. The highest BCUT2D eigenvalue weighted by molar-refractivity contribution is 7.10. The number of Topliss-reactive ketones (excluding diaryl/α,β-unsaturated/α-hetero) is 1. The fourth-order valence-electron chi connectivity index (χ4n) is 2.86. The standard InChI is InChI=1S/C18H20N2O3S/c1-3-23-15-6-4-8-20-17(12(2)19-18(15)20)14(22)10-13(11-21)16-7-5-9-24-16/h4-9,13,21H,3,10-11H2,1-2H3/t13-/m0/s1. The van der Waals surface area contributed by atoms with Gasteiger partial charge in [0.25, 0.3) is 0 Å². The van der Waals surface area contributed by atoms with Gasteiger partial charge in [-0.25, -0.2) is 4.98 Å². The normalized spacial score (nSPS) is 12.5. The minimum atomic E-state index is -0.183. The lowest BCUT2D eigenvalue weighted by Gasteiger charge is -2.12. The van der Waals surface area contributed by atoms with Gasteiger partial charge in [0.1, 0.15) is 5.69 Å². The largest absolute Gasteiger partial charge is 0.490 e. The number of thiophene rings is 1. The van der Waals surface area contributed by atoms with Crippen LogP contribution in [0.3, 0.4) is 0 Å². The van der Waals surface area contributed by atoms with Gasteiger partial charge in [-0.2, -0.15) is 0 Å². The Kier molecular flexibility index (Phi) is 4.97. The summed E-state index contributed by atoms with van der Waals surface area (Å²) in [6, 6.07) is 7.58. The molecule has 0 saturated carbocycles. The van der Waals surface area contributed by atoms with Gasteiger partial charge in [0.05, 0.1) is 18.9 Å². The minimum absolute atomic E-state index is 0.0268. The number of nitrogens with zero attached hydrogens (tertiary/aromatic N) is 2. The first-order valence-electron chi connectivity index (χ1n) is 7.93. The summed E-state index contributed by atoms with van der Waals surface area (Å²) in [4.78, 5) is 18.4. The number of ether oxygens (including phenoxy) is 1. The molecule has 3 aromatic rings. The fraction of sp³-hybridized carbons (Fsp3) is 0.333. The summed E-state index contributed by atoms with van der Waals surface area (Å²) in [6.45, 7) is 4.24. The molecule has 3 aromatic heterocycles. The van der Waals surface area contributed by atoms with E-state index in [2.05, 4.69) is 4.98 Å². The molecule has 0 aliphatic rings. The van der Waals surface area contributed by atoms with Gasteiger partial charge in [-0.05, 0) is 37.4 Å². The first kappa shape index (κ1) is 16.7. The van der Waals surface area contributed by atoms with Gasteiger partial charge in [-0.3, -0.25) is 9.20 Å². The number of hydrogen-bond acceptors (Lipinski definition) is 5. The first-order valence-corrected chi connectivity index (χ1v) is 8.81. The maximum atomic E-state index is 12.9. The molecule has 0 amide bonds. The molecule has 3 heterocycles. The number of carbonyl (C=O) groups is 1. The molecule has 24 heavy (non-hydrogen) atoms. The van der Waals surface area contributed by atoms with Crippen molar-refractivity contribution in [3.05, 3.63) is 52.1 Å². The number of aromatic nitrogens is 2. The van der Waals surface area contributed by atoms with E-state index in [1.165, 1.54) is 0 Å². The van der Waals surface area contributed by atoms with Gasteiger partial charge in [-0.1, -0.05) is 6.07 Å². The average Bonchev–Trinajstić information content (AvgIpc) is 3.20. The van der Waals surface area contributed by atoms with Gasteiger partial charge in [0.2, 0.25) is 0 Å². The van der Waals surface area contributed by atoms with E-state index in [4.69, 9.17) is 4.74 Å². The van der Waals surface area contributed by atoms with Crippen molar-refractivity contribution < 1.29 is 14.6 Å². The van der Waals surface area contributed by atoms with E-state index in [0.29, 0.717) is 29.4 Å². The number of aryl methyl sites for hydroxylation is 1. The Bertz CT molecular complexity index is 839. The highest BCUT2D eigenvalue weighted by Crippen LogP contribution is 2.28. The van der Waals surface area contributed by atoms with E-state index < -0.39 is 0 Å². The van der Waals surface area contributed by atoms with Crippen LogP contribution in [0.4, 0.5) is 0 Å². The zero-order chi connectivity index (χ0) is 17.1. The van der Waals surface area contributed by atoms with Crippen molar-refractivity contribution >= 4 is 22.8 Å². The van der Waals surface area contributed by atoms with Crippen LogP contribution in [0.1, 0.15) is 40.3 Å². The number of ketones is 1. The molecule has 0 bridgehead atoms. The number of fused-ring (bicyclic) bond motifs is 1. The third kappa shape index (κ3) is 3.07. The number of pyridine rings is 1. The van der Waals surface area contributed by atoms with Crippen LogP contribution >= 0.6 is 11.3 Å². The number of rotatable bonds is 7. The molecule has 6 heteroatoms. The lowest BCUT2D eigenvalue weighted by Crippen LogP contribution is -2.13. The third-order valence-corrected chi connectivity index (χ3v) is 4.99. The molecular formula is C18H20N2O3S. The molecule has 0 fully saturated rings. The van der Waals surface area contributed by atoms with Gasteiger partial charge in [0.15, 0.2) is 17.2 Å². The quantitative estimate of drug-likeness (QED) is 0.667. The van der Waals surface area contributed by atoms with E-state index in [-0.39, 0.29) is 24.7 Å². The predicted octanol–water partition coefficient (Wildman–Crippen LogP) is 3.45. The molecule has 0 spiro atoms. The molecule has 0 aliphatic heterocycles. The summed E-state index contributed by atoms with van der Waals surface area (Å²) in [6.07, 6.45) is 2.08. The second-order valence-electron chi connectivity index (χ2n) is 5.57. The van der Waals surface area contributed by atoms with Crippen molar-refractivity contribution in [1.82, 2.24) is 9.38 Å². The van der Waals surface area contributed by atoms with Crippen LogP contribution in [0, 0.1) is 6.92 Å². The minimum Gasteiger partial charge on any atom is -0.490 e. The Morgan fingerprint density at radius 3 is 2.92 bits per heavy atom. The lowest BCUT2D eigenvalue weighted by atomic mass is 9.99. The van der Waals surface area contributed by atoms with Crippen molar-refractivity contribution in [2.75, 3.05) is 13.2 Å². The van der Waals surface area contributed by atoms with Crippen molar-refractivity contribution in [3.63, 3.8) is 0 Å². The molecule has 0 aromatic carbocycles. The van der Waals surface area contributed by atoms with Crippen LogP contribution in [0.15, 0.2) is 35.8 Å². The Labute approximate surface area is 144 Å². The maximum Gasteiger partial charge on any atom is 0.182 e. The van der Waals surface area contributed by atoms with E-state index >= 15 is 0 Å². The predicted molar refractivity (Wildman–Crippen MR) is 94.2 cm³/mol. The van der Waals surface area contributed by atoms with Crippen molar-refractivity contribution in [1.29, 1.82) is 0 Å². The molecule has 0 saturated heterocycles. The average molecular weight is 344 g/mol. The Hall–Kier alpha value is -2.18. The zero-order valence-electron chi connectivity index (χ0n) is 13.7. The molecule has 0 radical (unpaired) electrons. The molecule has 1 N–H and O–H groups in total. The van der Waals surface area contributed by atoms with Gasteiger partial charge >= 0.3 is 0 Å². The molecule has 5 nitrogen and oxygen atoms in total. The van der Waals surface area contributed by atoms with Gasteiger partial charge in [0, 0.05) is 23.4 Å². The summed E-state index contributed by atoms with van der Waals surface area (Å²) in [5.74, 6) is 0.456. The summed E-state index contributed by atoms with van der Waals surface area (Å²) in [5.41, 5.74) is 1.88. The lowest BCUT2D eigenvalue weighted by molar-refractivity contribution is 0.0954. The molecular weight excluding hydrogens is 324 g/mol. The number of imidazole rings is 1. The van der Waals surface area contributed by atoms with E-state index in [9.17, 15) is 9.90 Å². The van der Waals surface area contributed by atoms with Gasteiger partial charge < -0.3 is 9.84 Å². The van der Waals surface area contributed by atoms with E-state index in [0.717, 1.165) is 4.88 Å². The zero-order valence-corrected chi connectivity index (χ0v) is 14.5. The Balaban J connectivity index is 1.95. The topological polar surface area (TPSA) is 63.8 Å². The monoisotopic (exact) mass is 344 g/mol. The summed E-state index contributed by atoms with van der Waals surface area (Å²) in [5, 5.41) is 11.6. The molecule has 3 rings (SSSR count). The number of hydrogen-bond donors (Lipinski definition) is 1. The number of aliphatic hydroxyl groups is 1. The smallest absolute Gasteiger partial charge is 0.182 e. The Morgan fingerprint density at radius 2 is 2.25 bits per heavy atom. The third-order valence-electron chi connectivity index (χ3n) is 3.95. The van der Waals surface area contributed by atoms with Crippen molar-refractivity contribution in [2.24, 2.45) is 0 Å². The summed E-state index contributed by atoms with van der Waals surface area (Å²) >= 11 is 1.56. The SMILES string of the molecule is CCOc1cccn2c(C(=O)C[C@@H](CO)c3cccs3)c(C)nc12. The highest BCUT2D eigenvalue weighted by Gasteiger charge is 2.23. The van der Waals surface area contributed by atoms with E-state index in [1.807, 2.05) is 49.7 Å². The van der Waals surface area contributed by atoms with Crippen LogP contribution < -0.4 is 4.74 Å². The van der Waals surface area contributed by atoms with Crippen molar-refractivity contribution in [3.8, 4) is 5.75 Å². The van der Waals surface area contributed by atoms with E-state index in [1.54, 1.807) is 15.7 Å². The second kappa shape index (κ2) is 7.15. The van der Waals surface area contributed by atoms with Crippen molar-refractivity contribution in [2.45, 2.75) is 26.2 Å². The molecule has 0 aliphatic carbocycles. The van der Waals surface area contributed by atoms with Crippen LogP contribution in [0.5, 0.6) is 5.75 Å². The van der Waals surface area contributed by atoms with Crippen LogP contribution in [-0.4, -0.2) is 33.5 Å². The number of aliphatic hydroxyl groups excluding tert-OH is 1. The highest BCUT2D eigenvalue weighted by atomic mass is 32.1. The van der Waals surface area contributed by atoms with Gasteiger partial charge in [-0.15, -0.1) is 11.3 Å². The first-order chi connectivity index (χ1) is 11.7. The summed E-state index contributed by atoms with van der Waals surface area (Å²) < 4.78 is 7.38. The fourth-order valence-corrected chi connectivity index (χ4v) is 3.68. The van der Waals surface area contributed by atoms with Crippen LogP contribution in [0.25, 0.3) is 5.65 Å². The Morgan fingerprint density at radius 1 is 1.42 bits per heavy atom. The molecule has 126 valence electrons. The van der Waals surface area contributed by atoms with Crippen LogP contribution in [-0.2, 0) is 0 Å². The molecule has 0 unspecified atom stereocenters. The molecule has 1 atom stereocenters. The van der Waals surface area contributed by atoms with Crippen LogP contribution in [0.2, 0.25) is 0 Å². The summed E-state index contributed by atoms with van der Waals surface area (Å²) in [7, 11) is 0. The maximum absolute atomic E-state index is 12.9.